The van der Waals surface area contributed by atoms with Crippen LogP contribution in [0.25, 0.3) is 0 Å². The Morgan fingerprint density at radius 3 is 2.82 bits per heavy atom. The van der Waals surface area contributed by atoms with E-state index in [1.54, 1.807) is 0 Å². The number of hydrogen-bond donors (Lipinski definition) is 0. The predicted molar refractivity (Wildman–Crippen MR) is 48.5 cm³/mol. The summed E-state index contributed by atoms with van der Waals surface area (Å²) < 4.78 is 10.7. The molecule has 0 aromatic heterocycles. The minimum Gasteiger partial charge on any atom is -0.436 e. The molecule has 1 saturated heterocycles. The van der Waals surface area contributed by atoms with Gasteiger partial charge in [-0.1, -0.05) is 22.6 Å². The molecule has 0 aromatic carbocycles. The van der Waals surface area contributed by atoms with Gasteiger partial charge in [-0.3, -0.25) is 4.79 Å². The summed E-state index contributed by atoms with van der Waals surface area (Å²) in [5, 5.41) is 0. The molecule has 3 nitrogen and oxygen atoms in total. The van der Waals surface area contributed by atoms with E-state index in [-0.39, 0.29) is 12.3 Å². The largest absolute Gasteiger partial charge is 0.436 e. The summed E-state index contributed by atoms with van der Waals surface area (Å²) >= 11 is 2.33. The van der Waals surface area contributed by atoms with Gasteiger partial charge in [-0.15, -0.1) is 0 Å². The Hall–Kier alpha value is 0.160. The van der Waals surface area contributed by atoms with Gasteiger partial charge < -0.3 is 9.47 Å². The van der Waals surface area contributed by atoms with Crippen molar-refractivity contribution in [3.8, 4) is 0 Å². The zero-order valence-electron chi connectivity index (χ0n) is 6.38. The number of esters is 1. The van der Waals surface area contributed by atoms with Gasteiger partial charge in [-0.2, -0.15) is 0 Å². The fourth-order valence-electron chi connectivity index (χ4n) is 0.973. The first-order valence-corrected chi connectivity index (χ1v) is 4.86. The van der Waals surface area contributed by atoms with Crippen LogP contribution >= 0.6 is 22.6 Å². The van der Waals surface area contributed by atoms with E-state index in [4.69, 9.17) is 9.47 Å². The summed E-state index contributed by atoms with van der Waals surface area (Å²) in [5.74, 6) is -0.262. The molecule has 1 rings (SSSR count). The average molecular weight is 270 g/mol. The molecule has 4 heteroatoms. The van der Waals surface area contributed by atoms with Crippen molar-refractivity contribution >= 4 is 28.6 Å². The highest BCUT2D eigenvalue weighted by molar-refractivity contribution is 14.1. The third-order valence-corrected chi connectivity index (χ3v) is 2.46. The lowest BCUT2D eigenvalue weighted by atomic mass is 10.2. The van der Waals surface area contributed by atoms with Crippen LogP contribution in [-0.2, 0) is 14.3 Å². The normalized spacial score (nSPS) is 31.5. The molecule has 0 aromatic rings. The van der Waals surface area contributed by atoms with E-state index >= 15 is 0 Å². The van der Waals surface area contributed by atoms with Gasteiger partial charge >= 0.3 is 5.97 Å². The molecule has 1 fully saturated rings. The van der Waals surface area contributed by atoms with Crippen molar-refractivity contribution < 1.29 is 14.3 Å². The molecule has 0 amide bonds. The smallest absolute Gasteiger partial charge is 0.304 e. The van der Waals surface area contributed by atoms with Gasteiger partial charge in [0.2, 0.25) is 6.29 Å². The van der Waals surface area contributed by atoms with Crippen LogP contribution in [0.2, 0.25) is 0 Å². The summed E-state index contributed by atoms with van der Waals surface area (Å²) in [7, 11) is 0. The number of alkyl halides is 1. The van der Waals surface area contributed by atoms with Crippen LogP contribution in [0.5, 0.6) is 0 Å². The van der Waals surface area contributed by atoms with E-state index < -0.39 is 0 Å². The highest BCUT2D eigenvalue weighted by Gasteiger charge is 2.21. The molecule has 0 saturated carbocycles. The molecule has 1 unspecified atom stereocenters. The molecule has 64 valence electrons. The van der Waals surface area contributed by atoms with E-state index in [0.717, 1.165) is 12.8 Å². The Kier molecular flexibility index (Phi) is 3.58. The van der Waals surface area contributed by atoms with Gasteiger partial charge in [-0.25, -0.2) is 0 Å². The van der Waals surface area contributed by atoms with E-state index in [2.05, 4.69) is 22.6 Å². The molecule has 0 spiro atoms. The number of carbonyl (C=O) groups excluding carboxylic acids is 1. The number of hydrogen-bond acceptors (Lipinski definition) is 3. The standard InChI is InChI=1S/C7H11IO3/c1-5(9)11-7-3-2-6(8)4-10-7/h6-7H,2-4H2,1H3/t6-,7?/m1/s1. The van der Waals surface area contributed by atoms with Crippen LogP contribution in [-0.4, -0.2) is 22.8 Å². The van der Waals surface area contributed by atoms with E-state index in [1.165, 1.54) is 6.92 Å². The third-order valence-electron chi connectivity index (χ3n) is 1.48. The van der Waals surface area contributed by atoms with Gasteiger partial charge in [0.15, 0.2) is 0 Å². The van der Waals surface area contributed by atoms with Gasteiger partial charge in [0.1, 0.15) is 0 Å². The Balaban J connectivity index is 2.22. The molecular formula is C7H11IO3. The Labute approximate surface area is 79.6 Å². The number of halogens is 1. The summed E-state index contributed by atoms with van der Waals surface area (Å²) in [6.07, 6.45) is 1.60. The van der Waals surface area contributed by atoms with Crippen molar-refractivity contribution in [2.75, 3.05) is 6.61 Å². The number of rotatable bonds is 1. The Morgan fingerprint density at radius 1 is 1.64 bits per heavy atom. The molecule has 0 aliphatic carbocycles. The summed E-state index contributed by atoms with van der Waals surface area (Å²) in [6, 6.07) is 0. The maximum atomic E-state index is 10.5. The maximum Gasteiger partial charge on any atom is 0.304 e. The second-order valence-corrected chi connectivity index (χ2v) is 4.31. The number of carbonyl (C=O) groups is 1. The first-order valence-electron chi connectivity index (χ1n) is 3.61. The molecule has 11 heavy (non-hydrogen) atoms. The molecular weight excluding hydrogens is 259 g/mol. The van der Waals surface area contributed by atoms with Crippen molar-refractivity contribution in [2.45, 2.75) is 30.0 Å². The van der Waals surface area contributed by atoms with Gasteiger partial charge in [0.25, 0.3) is 0 Å². The highest BCUT2D eigenvalue weighted by Crippen LogP contribution is 2.20. The minimum atomic E-state index is -0.293. The molecule has 1 aliphatic rings. The Bertz CT molecular complexity index is 141. The van der Waals surface area contributed by atoms with Crippen molar-refractivity contribution in [1.29, 1.82) is 0 Å². The molecule has 2 atom stereocenters. The number of ether oxygens (including phenoxy) is 2. The van der Waals surface area contributed by atoms with Crippen LogP contribution in [0.4, 0.5) is 0 Å². The lowest BCUT2D eigenvalue weighted by Crippen LogP contribution is -2.29. The molecule has 0 radical (unpaired) electrons. The first-order chi connectivity index (χ1) is 5.18. The van der Waals surface area contributed by atoms with E-state index in [0.29, 0.717) is 10.5 Å². The summed E-state index contributed by atoms with van der Waals surface area (Å²) in [5.41, 5.74) is 0. The quantitative estimate of drug-likeness (QED) is 0.411. The maximum absolute atomic E-state index is 10.5. The minimum absolute atomic E-state index is 0.262. The second kappa shape index (κ2) is 4.25. The molecule has 0 N–H and O–H groups in total. The fraction of sp³-hybridized carbons (Fsp3) is 0.857. The van der Waals surface area contributed by atoms with E-state index in [9.17, 15) is 4.79 Å². The van der Waals surface area contributed by atoms with Crippen molar-refractivity contribution in [3.63, 3.8) is 0 Å². The lowest BCUT2D eigenvalue weighted by Gasteiger charge is -2.24. The van der Waals surface area contributed by atoms with Crippen LogP contribution in [0.3, 0.4) is 0 Å². The van der Waals surface area contributed by atoms with Crippen molar-refractivity contribution in [3.05, 3.63) is 0 Å². The highest BCUT2D eigenvalue weighted by atomic mass is 127. The fourth-order valence-corrected chi connectivity index (χ4v) is 1.54. The van der Waals surface area contributed by atoms with Gasteiger partial charge in [0.05, 0.1) is 6.61 Å². The average Bonchev–Trinajstić information content (AvgIpc) is 1.93. The van der Waals surface area contributed by atoms with Crippen molar-refractivity contribution in [1.82, 2.24) is 0 Å². The summed E-state index contributed by atoms with van der Waals surface area (Å²) in [6.45, 7) is 2.10. The van der Waals surface area contributed by atoms with Gasteiger partial charge in [0, 0.05) is 17.3 Å². The zero-order chi connectivity index (χ0) is 8.27. The van der Waals surface area contributed by atoms with Gasteiger partial charge in [-0.05, 0) is 6.42 Å². The molecule has 1 aliphatic heterocycles. The molecule has 0 bridgehead atoms. The first kappa shape index (κ1) is 9.25. The second-order valence-electron chi connectivity index (χ2n) is 2.55. The predicted octanol–water partition coefficient (Wildman–Crippen LogP) is 1.49. The zero-order valence-corrected chi connectivity index (χ0v) is 8.54. The SMILES string of the molecule is CC(=O)OC1CC[C@@H](I)CO1. The van der Waals surface area contributed by atoms with Crippen LogP contribution in [0, 0.1) is 0 Å². The lowest BCUT2D eigenvalue weighted by molar-refractivity contribution is -0.183. The van der Waals surface area contributed by atoms with Crippen LogP contribution in [0.1, 0.15) is 19.8 Å². The summed E-state index contributed by atoms with van der Waals surface area (Å²) in [4.78, 5) is 10.5. The monoisotopic (exact) mass is 270 g/mol. The van der Waals surface area contributed by atoms with Crippen molar-refractivity contribution in [2.24, 2.45) is 0 Å². The molecule has 1 heterocycles. The topological polar surface area (TPSA) is 35.5 Å². The third kappa shape index (κ3) is 3.37. The van der Waals surface area contributed by atoms with E-state index in [1.807, 2.05) is 0 Å². The van der Waals surface area contributed by atoms with Crippen LogP contribution in [0.15, 0.2) is 0 Å². The Morgan fingerprint density at radius 2 is 2.36 bits per heavy atom. The van der Waals surface area contributed by atoms with Crippen LogP contribution < -0.4 is 0 Å².